The summed E-state index contributed by atoms with van der Waals surface area (Å²) < 4.78 is 54.7. The van der Waals surface area contributed by atoms with Crippen LogP contribution < -0.4 is 30.7 Å². The molecule has 0 fully saturated rings. The van der Waals surface area contributed by atoms with Gasteiger partial charge in [0.25, 0.3) is 5.52 Å². The zero-order valence-electron chi connectivity index (χ0n) is 25.0. The molecule has 44 heavy (non-hydrogen) atoms. The van der Waals surface area contributed by atoms with Gasteiger partial charge in [0.15, 0.2) is 5.75 Å². The fraction of sp³-hybridized carbons (Fsp3) is 0.312. The smallest absolute Gasteiger partial charge is 0.374 e. The molecule has 1 aliphatic rings. The normalized spacial score (nSPS) is 15.3. The summed E-state index contributed by atoms with van der Waals surface area (Å²) in [5, 5.41) is 0.824. The summed E-state index contributed by atoms with van der Waals surface area (Å²) in [6.45, 7) is 9.71. The number of fused-ring (bicyclic) bond motifs is 2. The highest BCUT2D eigenvalue weighted by Crippen LogP contribution is 2.40. The van der Waals surface area contributed by atoms with E-state index in [9.17, 15) is 17.8 Å². The van der Waals surface area contributed by atoms with Gasteiger partial charge in [-0.05, 0) is 88.1 Å². The first kappa shape index (κ1) is 31.4. The molecule has 2 aromatic heterocycles. The maximum atomic E-state index is 12.9. The van der Waals surface area contributed by atoms with Crippen LogP contribution in [-0.4, -0.2) is 29.8 Å². The first-order valence-electron chi connectivity index (χ1n) is 14.4. The van der Waals surface area contributed by atoms with E-state index >= 15 is 0 Å². The van der Waals surface area contributed by atoms with E-state index in [0.717, 1.165) is 28.9 Å². The van der Waals surface area contributed by atoms with Crippen LogP contribution in [-0.2, 0) is 23.2 Å². The maximum Gasteiger partial charge on any atom is 0.374 e. The molecule has 4 aromatic rings. The number of anilines is 1. The fourth-order valence-corrected chi connectivity index (χ4v) is 5.91. The van der Waals surface area contributed by atoms with Crippen molar-refractivity contribution in [3.63, 3.8) is 0 Å². The van der Waals surface area contributed by atoms with Crippen molar-refractivity contribution in [2.24, 2.45) is 0 Å². The average molecular weight is 640 g/mol. The molecule has 0 aliphatic carbocycles. The van der Waals surface area contributed by atoms with Gasteiger partial charge in [0.2, 0.25) is 17.0 Å². The standard InChI is InChI=1S/C32H34ClN3O7S/c1-5-34-25(14-15-31-36(16-7-8-17-44(38,39)40)24-13-12-23(33)20-28(24)42-31)32(37)43-30(34)11-9-10-29-35(6-2)26-18-21(3)22(4)19-27(26)41-29/h9-15,18-20H,5-8,16-17H2,1-4H3. The number of halogens is 1. The van der Waals surface area contributed by atoms with Gasteiger partial charge in [0.1, 0.15) is 11.9 Å². The molecule has 0 saturated carbocycles. The number of unbranched alkanes of at least 4 members (excludes halogenated alkanes) is 1. The van der Waals surface area contributed by atoms with Crippen LogP contribution in [0.2, 0.25) is 5.02 Å². The molecule has 0 amide bonds. The number of hydrogen-bond donors (Lipinski definition) is 0. The van der Waals surface area contributed by atoms with Gasteiger partial charge in [-0.15, -0.1) is 0 Å². The molecular weight excluding hydrogens is 606 g/mol. The van der Waals surface area contributed by atoms with Gasteiger partial charge in [-0.25, -0.2) is 13.2 Å². The minimum atomic E-state index is -4.29. The first-order chi connectivity index (χ1) is 21.0. The highest BCUT2D eigenvalue weighted by atomic mass is 35.5. The number of oxazole rings is 2. The molecule has 232 valence electrons. The molecule has 0 radical (unpaired) electrons. The number of rotatable bonds is 10. The van der Waals surface area contributed by atoms with Crippen LogP contribution in [0.15, 0.2) is 62.0 Å². The Hall–Kier alpha value is -4.06. The summed E-state index contributed by atoms with van der Waals surface area (Å²) in [5.41, 5.74) is 4.80. The molecule has 1 aliphatic heterocycles. The Morgan fingerprint density at radius 1 is 1.02 bits per heavy atom. The SMILES string of the molecule is CCn1c(=CC=Cc2oc3cc(C)c(C)cc3[n+]2CC)oc(=O)c1=CC=C1Oc2cc(Cl)ccc2N1CCCCS(=O)(=O)[O-]. The number of benzene rings is 2. The van der Waals surface area contributed by atoms with Crippen molar-refractivity contribution in [3.05, 3.63) is 91.7 Å². The van der Waals surface area contributed by atoms with Gasteiger partial charge in [-0.3, -0.25) is 0 Å². The second kappa shape index (κ2) is 12.9. The molecule has 0 N–H and O–H groups in total. The van der Waals surface area contributed by atoms with Gasteiger partial charge >= 0.3 is 11.5 Å². The first-order valence-corrected chi connectivity index (χ1v) is 16.4. The topological polar surface area (TPSA) is 122 Å². The zero-order chi connectivity index (χ0) is 31.6. The molecule has 12 heteroatoms. The summed E-state index contributed by atoms with van der Waals surface area (Å²) in [6, 6.07) is 9.37. The molecule has 0 unspecified atom stereocenters. The van der Waals surface area contributed by atoms with Crippen LogP contribution in [0.3, 0.4) is 0 Å². The van der Waals surface area contributed by atoms with Gasteiger partial charge in [0.05, 0.1) is 21.9 Å². The summed E-state index contributed by atoms with van der Waals surface area (Å²) >= 11 is 6.16. The van der Waals surface area contributed by atoms with Crippen molar-refractivity contribution in [1.29, 1.82) is 0 Å². The Bertz CT molecular complexity index is 2070. The molecular formula is C32H34ClN3O7S. The highest BCUT2D eigenvalue weighted by Gasteiger charge is 2.26. The third kappa shape index (κ3) is 6.69. The van der Waals surface area contributed by atoms with Crippen LogP contribution in [0, 0.1) is 13.8 Å². The average Bonchev–Trinajstić information content (AvgIpc) is 3.58. The third-order valence-electron chi connectivity index (χ3n) is 7.52. The number of aryl methyl sites for hydroxylation is 3. The summed E-state index contributed by atoms with van der Waals surface area (Å²) in [4.78, 5) is 14.8. The minimum Gasteiger partial charge on any atom is -0.748 e. The van der Waals surface area contributed by atoms with Crippen LogP contribution in [0.4, 0.5) is 5.69 Å². The number of aromatic nitrogens is 2. The quantitative estimate of drug-likeness (QED) is 0.144. The van der Waals surface area contributed by atoms with Gasteiger partial charge in [-0.1, -0.05) is 11.6 Å². The van der Waals surface area contributed by atoms with Crippen molar-refractivity contribution in [1.82, 2.24) is 4.57 Å². The molecule has 0 spiro atoms. The van der Waals surface area contributed by atoms with E-state index in [-0.39, 0.29) is 6.42 Å². The van der Waals surface area contributed by atoms with E-state index in [1.54, 1.807) is 47.1 Å². The Labute approximate surface area is 260 Å². The Morgan fingerprint density at radius 3 is 2.52 bits per heavy atom. The van der Waals surface area contributed by atoms with Crippen LogP contribution in [0.25, 0.3) is 29.3 Å². The van der Waals surface area contributed by atoms with E-state index in [1.165, 1.54) is 5.56 Å². The third-order valence-corrected chi connectivity index (χ3v) is 8.55. The fourth-order valence-electron chi connectivity index (χ4n) is 5.19. The molecule has 0 saturated heterocycles. The molecule has 3 heterocycles. The van der Waals surface area contributed by atoms with E-state index in [0.29, 0.717) is 53.0 Å². The van der Waals surface area contributed by atoms with Crippen LogP contribution in [0.5, 0.6) is 5.75 Å². The molecule has 10 nitrogen and oxygen atoms in total. The predicted molar refractivity (Wildman–Crippen MR) is 169 cm³/mol. The molecule has 5 rings (SSSR count). The summed E-state index contributed by atoms with van der Waals surface area (Å²) in [7, 11) is -4.29. The second-order valence-electron chi connectivity index (χ2n) is 10.5. The maximum absolute atomic E-state index is 12.9. The lowest BCUT2D eigenvalue weighted by Gasteiger charge is -2.18. The van der Waals surface area contributed by atoms with Gasteiger partial charge in [0, 0.05) is 42.1 Å². The van der Waals surface area contributed by atoms with Crippen molar-refractivity contribution in [3.8, 4) is 5.75 Å². The van der Waals surface area contributed by atoms with Crippen LogP contribution >= 0.6 is 11.6 Å². The van der Waals surface area contributed by atoms with Crippen molar-refractivity contribution in [2.45, 2.75) is 53.6 Å². The Kier molecular flexibility index (Phi) is 9.19. The largest absolute Gasteiger partial charge is 0.748 e. The van der Waals surface area contributed by atoms with E-state index in [2.05, 4.69) is 31.4 Å². The highest BCUT2D eigenvalue weighted by molar-refractivity contribution is 7.85. The number of allylic oxidation sites excluding steroid dienone is 2. The lowest BCUT2D eigenvalue weighted by molar-refractivity contribution is -0.674. The Balaban J connectivity index is 1.46. The number of hydrogen-bond acceptors (Lipinski definition) is 8. The van der Waals surface area contributed by atoms with E-state index in [1.807, 2.05) is 24.0 Å². The zero-order valence-corrected chi connectivity index (χ0v) is 26.6. The Morgan fingerprint density at radius 2 is 1.80 bits per heavy atom. The van der Waals surface area contributed by atoms with Crippen LogP contribution in [0.1, 0.15) is 43.7 Å². The lowest BCUT2D eigenvalue weighted by Crippen LogP contribution is -2.33. The molecule has 2 aromatic carbocycles. The van der Waals surface area contributed by atoms with Gasteiger partial charge in [-0.2, -0.15) is 4.57 Å². The lowest BCUT2D eigenvalue weighted by atomic mass is 10.1. The van der Waals surface area contributed by atoms with Crippen molar-refractivity contribution in [2.75, 3.05) is 17.2 Å². The van der Waals surface area contributed by atoms with E-state index < -0.39 is 21.5 Å². The molecule has 0 bridgehead atoms. The van der Waals surface area contributed by atoms with Gasteiger partial charge < -0.3 is 27.6 Å². The molecule has 0 atom stereocenters. The number of ether oxygens (including phenoxy) is 1. The monoisotopic (exact) mass is 639 g/mol. The predicted octanol–water partition coefficient (Wildman–Crippen LogP) is 4.13. The number of nitrogens with zero attached hydrogens (tertiary/aromatic N) is 3. The van der Waals surface area contributed by atoms with Crippen molar-refractivity contribution < 1.29 is 31.1 Å². The summed E-state index contributed by atoms with van der Waals surface area (Å²) in [5.74, 6) is 1.21. The minimum absolute atomic E-state index is 0.211. The van der Waals surface area contributed by atoms with E-state index in [4.69, 9.17) is 25.2 Å². The van der Waals surface area contributed by atoms with Crippen molar-refractivity contribution >= 4 is 56.7 Å². The second-order valence-corrected chi connectivity index (χ2v) is 12.4. The summed E-state index contributed by atoms with van der Waals surface area (Å²) in [6.07, 6.45) is 9.30.